The summed E-state index contributed by atoms with van der Waals surface area (Å²) in [6, 6.07) is 3.81. The van der Waals surface area contributed by atoms with Gasteiger partial charge in [-0.3, -0.25) is 4.21 Å². The van der Waals surface area contributed by atoms with Gasteiger partial charge >= 0.3 is 0 Å². The summed E-state index contributed by atoms with van der Waals surface area (Å²) in [4.78, 5) is 0. The molecule has 1 aromatic carbocycles. The van der Waals surface area contributed by atoms with Gasteiger partial charge in [-0.05, 0) is 19.9 Å². The molecule has 3 atom stereocenters. The Balaban J connectivity index is 2.67. The molecule has 0 saturated heterocycles. The Morgan fingerprint density at radius 3 is 2.59 bits per heavy atom. The molecule has 0 aliphatic rings. The van der Waals surface area contributed by atoms with E-state index < -0.39 is 22.4 Å². The van der Waals surface area contributed by atoms with E-state index in [1.54, 1.807) is 19.2 Å². The molecule has 0 aliphatic carbocycles. The molecule has 1 aromatic rings. The molecule has 5 heteroatoms. The normalized spacial score (nSPS) is 16.5. The Hall–Kier alpha value is -0.810. The first-order chi connectivity index (χ1) is 7.93. The molecule has 0 aromatic heterocycles. The number of rotatable bonds is 5. The fourth-order valence-electron chi connectivity index (χ4n) is 1.42. The van der Waals surface area contributed by atoms with Crippen molar-refractivity contribution in [2.75, 3.05) is 12.8 Å². The molecule has 0 spiro atoms. The van der Waals surface area contributed by atoms with Crippen LogP contribution < -0.4 is 5.32 Å². The number of hydrogen-bond donors (Lipinski definition) is 1. The molecule has 0 saturated carbocycles. The van der Waals surface area contributed by atoms with Crippen molar-refractivity contribution in [1.82, 2.24) is 5.32 Å². The van der Waals surface area contributed by atoms with Crippen molar-refractivity contribution in [2.45, 2.75) is 25.1 Å². The van der Waals surface area contributed by atoms with Crippen LogP contribution in [-0.4, -0.2) is 22.3 Å². The van der Waals surface area contributed by atoms with Crippen LogP contribution in [0.3, 0.4) is 0 Å². The molecule has 17 heavy (non-hydrogen) atoms. The fraction of sp³-hybridized carbons (Fsp3) is 0.500. The molecule has 0 heterocycles. The summed E-state index contributed by atoms with van der Waals surface area (Å²) in [5.74, 6) is -1.67. The van der Waals surface area contributed by atoms with Crippen LogP contribution in [0.15, 0.2) is 18.2 Å². The Labute approximate surface area is 103 Å². The van der Waals surface area contributed by atoms with Gasteiger partial charge in [-0.25, -0.2) is 8.78 Å². The first-order valence-corrected chi connectivity index (χ1v) is 7.05. The lowest BCUT2D eigenvalue weighted by atomic mass is 10.1. The van der Waals surface area contributed by atoms with Crippen LogP contribution in [0.2, 0.25) is 0 Å². The van der Waals surface area contributed by atoms with Crippen LogP contribution in [0.5, 0.6) is 0 Å². The lowest BCUT2D eigenvalue weighted by Crippen LogP contribution is -2.30. The zero-order valence-corrected chi connectivity index (χ0v) is 11.0. The maximum atomic E-state index is 13.5. The van der Waals surface area contributed by atoms with E-state index in [-0.39, 0.29) is 11.3 Å². The minimum atomic E-state index is -0.923. The Morgan fingerprint density at radius 2 is 2.00 bits per heavy atom. The van der Waals surface area contributed by atoms with Crippen molar-refractivity contribution in [2.24, 2.45) is 0 Å². The quantitative estimate of drug-likeness (QED) is 0.881. The second-order valence-corrected chi connectivity index (χ2v) is 5.88. The van der Waals surface area contributed by atoms with Crippen molar-refractivity contribution in [3.05, 3.63) is 35.4 Å². The molecular weight excluding hydrogens is 244 g/mol. The highest BCUT2D eigenvalue weighted by Gasteiger charge is 2.15. The van der Waals surface area contributed by atoms with Gasteiger partial charge in [0.15, 0.2) is 11.6 Å². The summed E-state index contributed by atoms with van der Waals surface area (Å²) in [5, 5.41) is 3.03. The molecule has 0 radical (unpaired) electrons. The first kappa shape index (κ1) is 14.3. The minimum absolute atomic E-state index is 0.0194. The Morgan fingerprint density at radius 1 is 1.35 bits per heavy atom. The van der Waals surface area contributed by atoms with Gasteiger partial charge in [0.2, 0.25) is 0 Å². The summed E-state index contributed by atoms with van der Waals surface area (Å²) in [7, 11) is -0.923. The van der Waals surface area contributed by atoms with Crippen LogP contribution in [0.1, 0.15) is 25.5 Å². The second-order valence-electron chi connectivity index (χ2n) is 4.08. The van der Waals surface area contributed by atoms with Gasteiger partial charge in [0, 0.05) is 40.5 Å². The highest BCUT2D eigenvalue weighted by molar-refractivity contribution is 7.84. The van der Waals surface area contributed by atoms with Crippen molar-refractivity contribution in [1.29, 1.82) is 0 Å². The van der Waals surface area contributed by atoms with Crippen LogP contribution >= 0.6 is 0 Å². The van der Waals surface area contributed by atoms with Crippen molar-refractivity contribution < 1.29 is 13.0 Å². The highest BCUT2D eigenvalue weighted by Crippen LogP contribution is 2.18. The van der Waals surface area contributed by atoms with E-state index in [0.29, 0.717) is 12.1 Å². The average Bonchev–Trinajstić information content (AvgIpc) is 2.29. The molecule has 1 rings (SSSR count). The molecule has 3 unspecified atom stereocenters. The number of benzene rings is 1. The number of hydrogen-bond acceptors (Lipinski definition) is 2. The maximum Gasteiger partial charge on any atom is 0.163 e. The lowest BCUT2D eigenvalue weighted by Gasteiger charge is -2.17. The molecule has 0 amide bonds. The van der Waals surface area contributed by atoms with Crippen LogP contribution in [0.4, 0.5) is 8.78 Å². The second kappa shape index (κ2) is 6.21. The van der Waals surface area contributed by atoms with Crippen LogP contribution in [0, 0.1) is 11.6 Å². The van der Waals surface area contributed by atoms with E-state index in [0.717, 1.165) is 6.07 Å². The summed E-state index contributed by atoms with van der Waals surface area (Å²) < 4.78 is 37.6. The Bertz CT molecular complexity index is 411. The number of halogens is 2. The van der Waals surface area contributed by atoms with Crippen LogP contribution in [-0.2, 0) is 10.8 Å². The lowest BCUT2D eigenvalue weighted by molar-refractivity contribution is 0.473. The highest BCUT2D eigenvalue weighted by atomic mass is 32.2. The molecule has 0 bridgehead atoms. The predicted molar refractivity (Wildman–Crippen MR) is 66.3 cm³/mol. The van der Waals surface area contributed by atoms with E-state index in [2.05, 4.69) is 5.32 Å². The molecule has 2 nitrogen and oxygen atoms in total. The van der Waals surface area contributed by atoms with Crippen molar-refractivity contribution in [3.8, 4) is 0 Å². The van der Waals surface area contributed by atoms with Crippen molar-refractivity contribution in [3.63, 3.8) is 0 Å². The minimum Gasteiger partial charge on any atom is -0.309 e. The van der Waals surface area contributed by atoms with E-state index in [1.807, 2.05) is 6.92 Å². The van der Waals surface area contributed by atoms with Gasteiger partial charge in [-0.15, -0.1) is 0 Å². The topological polar surface area (TPSA) is 29.1 Å². The van der Waals surface area contributed by atoms with E-state index >= 15 is 0 Å². The van der Waals surface area contributed by atoms with Gasteiger partial charge in [-0.2, -0.15) is 0 Å². The summed E-state index contributed by atoms with van der Waals surface area (Å²) in [5.41, 5.74) is 0.291. The van der Waals surface area contributed by atoms with Gasteiger partial charge in [0.25, 0.3) is 0 Å². The standard InChI is InChI=1S/C12H17F2NOS/c1-8(17(3)16)7-15-9(2)10-5-4-6-11(13)12(10)14/h4-6,8-9,15H,7H2,1-3H3. The smallest absolute Gasteiger partial charge is 0.163 e. The SMILES string of the molecule is CC(NCC(C)S(C)=O)c1cccc(F)c1F. The maximum absolute atomic E-state index is 13.5. The molecular formula is C12H17F2NOS. The van der Waals surface area contributed by atoms with Gasteiger partial charge in [0.05, 0.1) is 0 Å². The predicted octanol–water partition coefficient (Wildman–Crippen LogP) is 2.38. The first-order valence-electron chi connectivity index (χ1n) is 5.43. The molecule has 0 aliphatic heterocycles. The Kier molecular flexibility index (Phi) is 5.21. The third kappa shape index (κ3) is 3.85. The average molecular weight is 261 g/mol. The third-order valence-corrected chi connectivity index (χ3v) is 4.03. The monoisotopic (exact) mass is 261 g/mol. The molecule has 96 valence electrons. The molecule has 0 fully saturated rings. The number of nitrogens with one attached hydrogen (secondary N) is 1. The summed E-state index contributed by atoms with van der Waals surface area (Å²) in [6.07, 6.45) is 1.62. The zero-order chi connectivity index (χ0) is 13.0. The van der Waals surface area contributed by atoms with Crippen molar-refractivity contribution >= 4 is 10.8 Å². The summed E-state index contributed by atoms with van der Waals surface area (Å²) >= 11 is 0. The third-order valence-electron chi connectivity index (χ3n) is 2.73. The fourth-order valence-corrected chi connectivity index (χ4v) is 1.76. The van der Waals surface area contributed by atoms with E-state index in [4.69, 9.17) is 0 Å². The van der Waals surface area contributed by atoms with Gasteiger partial charge in [0.1, 0.15) is 0 Å². The molecule has 1 N–H and O–H groups in total. The zero-order valence-electron chi connectivity index (χ0n) is 10.2. The van der Waals surface area contributed by atoms with E-state index in [9.17, 15) is 13.0 Å². The largest absolute Gasteiger partial charge is 0.309 e. The van der Waals surface area contributed by atoms with Crippen LogP contribution in [0.25, 0.3) is 0 Å². The summed E-state index contributed by atoms with van der Waals surface area (Å²) in [6.45, 7) is 4.10. The van der Waals surface area contributed by atoms with Gasteiger partial charge < -0.3 is 5.32 Å². The van der Waals surface area contributed by atoms with E-state index in [1.165, 1.54) is 6.07 Å². The van der Waals surface area contributed by atoms with Gasteiger partial charge in [-0.1, -0.05) is 12.1 Å².